The van der Waals surface area contributed by atoms with Crippen LogP contribution in [0.1, 0.15) is 40.1 Å². The molecule has 0 spiro atoms. The number of rotatable bonds is 4. The number of imide groups is 1. The fourth-order valence-corrected chi connectivity index (χ4v) is 3.31. The van der Waals surface area contributed by atoms with Gasteiger partial charge in [0.2, 0.25) is 0 Å². The van der Waals surface area contributed by atoms with Gasteiger partial charge in [-0.2, -0.15) is 5.26 Å². The molecule has 0 aromatic heterocycles. The van der Waals surface area contributed by atoms with E-state index in [1.54, 1.807) is 0 Å². The van der Waals surface area contributed by atoms with Crippen LogP contribution in [0.5, 0.6) is 0 Å². The number of amides is 4. The fourth-order valence-electron chi connectivity index (χ4n) is 3.31. The Morgan fingerprint density at radius 3 is 2.40 bits per heavy atom. The molecule has 0 radical (unpaired) electrons. The summed E-state index contributed by atoms with van der Waals surface area (Å²) in [6.45, 7) is 3.00. The summed E-state index contributed by atoms with van der Waals surface area (Å²) in [6.07, 6.45) is 0.461. The molecule has 1 aliphatic heterocycles. The fraction of sp³-hybridized carbons (Fsp3) is 0.190. The maximum absolute atomic E-state index is 14.5. The molecule has 9 heteroatoms. The van der Waals surface area contributed by atoms with Gasteiger partial charge >= 0.3 is 6.03 Å². The van der Waals surface area contributed by atoms with Crippen LogP contribution in [0.2, 0.25) is 0 Å². The first-order valence-corrected chi connectivity index (χ1v) is 8.87. The van der Waals surface area contributed by atoms with E-state index in [2.05, 4.69) is 5.32 Å². The number of aldehydes is 1. The molecule has 0 bridgehead atoms. The van der Waals surface area contributed by atoms with Crippen LogP contribution >= 0.6 is 0 Å². The molecule has 1 saturated heterocycles. The summed E-state index contributed by atoms with van der Waals surface area (Å²) in [4.78, 5) is 51.1. The molecular weight excluding hydrogens is 391 g/mol. The summed E-state index contributed by atoms with van der Waals surface area (Å²) in [5.41, 5.74) is -1.22. The van der Waals surface area contributed by atoms with Crippen LogP contribution in [0.25, 0.3) is 0 Å². The van der Waals surface area contributed by atoms with Crippen molar-refractivity contribution in [2.24, 2.45) is 0 Å². The van der Waals surface area contributed by atoms with Crippen LogP contribution in [0.4, 0.5) is 20.6 Å². The molecule has 1 N–H and O–H groups in total. The van der Waals surface area contributed by atoms with Crippen molar-refractivity contribution in [3.63, 3.8) is 0 Å². The van der Waals surface area contributed by atoms with E-state index in [1.807, 2.05) is 6.07 Å². The number of urea groups is 1. The molecule has 3 rings (SSSR count). The number of anilines is 2. The highest BCUT2D eigenvalue weighted by Gasteiger charge is 2.52. The quantitative estimate of drug-likeness (QED) is 0.618. The third kappa shape index (κ3) is 3.08. The summed E-state index contributed by atoms with van der Waals surface area (Å²) in [5, 5.41) is 11.4. The van der Waals surface area contributed by atoms with E-state index >= 15 is 0 Å². The number of nitrogens with zero attached hydrogens (tertiary/aromatic N) is 3. The van der Waals surface area contributed by atoms with Crippen LogP contribution in [0.15, 0.2) is 36.4 Å². The standard InChI is InChI=1S/C21H17FN4O4/c1-21(2)19(29)25(14-5-4-12(10-23)13(8-14)11-27)20(30)26(21)15-6-7-16(17(22)9-15)18(28)24-3/h4-9,11H,1-3H3,(H,24,28). The number of hydrogen-bond acceptors (Lipinski definition) is 5. The van der Waals surface area contributed by atoms with Gasteiger partial charge in [-0.25, -0.2) is 14.1 Å². The number of hydrogen-bond donors (Lipinski definition) is 1. The van der Waals surface area contributed by atoms with E-state index in [0.717, 1.165) is 15.9 Å². The van der Waals surface area contributed by atoms with E-state index in [1.165, 1.54) is 51.2 Å². The number of benzene rings is 2. The molecule has 8 nitrogen and oxygen atoms in total. The highest BCUT2D eigenvalue weighted by molar-refractivity contribution is 6.30. The Morgan fingerprint density at radius 1 is 1.17 bits per heavy atom. The van der Waals surface area contributed by atoms with Crippen molar-refractivity contribution >= 4 is 35.5 Å². The summed E-state index contributed by atoms with van der Waals surface area (Å²) in [6, 6.07) is 8.72. The Kier molecular flexibility index (Phi) is 5.10. The number of nitrogens with one attached hydrogen (secondary N) is 1. The number of carbonyl (C=O) groups excluding carboxylic acids is 4. The zero-order valence-corrected chi connectivity index (χ0v) is 16.4. The van der Waals surface area contributed by atoms with E-state index < -0.39 is 29.2 Å². The first-order valence-electron chi connectivity index (χ1n) is 8.87. The van der Waals surface area contributed by atoms with Crippen molar-refractivity contribution in [1.82, 2.24) is 5.32 Å². The summed E-state index contributed by atoms with van der Waals surface area (Å²) in [5.74, 6) is -2.06. The van der Waals surface area contributed by atoms with Crippen LogP contribution in [-0.2, 0) is 4.79 Å². The second kappa shape index (κ2) is 7.40. The summed E-state index contributed by atoms with van der Waals surface area (Å²) in [7, 11) is 1.37. The van der Waals surface area contributed by atoms with Crippen LogP contribution in [0, 0.1) is 17.1 Å². The van der Waals surface area contributed by atoms with E-state index in [4.69, 9.17) is 5.26 Å². The third-order valence-electron chi connectivity index (χ3n) is 4.89. The van der Waals surface area contributed by atoms with E-state index in [0.29, 0.717) is 6.29 Å². The van der Waals surface area contributed by atoms with Crippen molar-refractivity contribution in [2.45, 2.75) is 19.4 Å². The third-order valence-corrected chi connectivity index (χ3v) is 4.89. The zero-order valence-electron chi connectivity index (χ0n) is 16.4. The Hall–Kier alpha value is -4.06. The molecule has 0 aliphatic carbocycles. The molecule has 1 heterocycles. The smallest absolute Gasteiger partial charge is 0.336 e. The molecule has 1 fully saturated rings. The van der Waals surface area contributed by atoms with Gasteiger partial charge in [0.05, 0.1) is 22.9 Å². The van der Waals surface area contributed by atoms with E-state index in [9.17, 15) is 23.6 Å². The average molecular weight is 408 g/mol. The first kappa shape index (κ1) is 20.7. The summed E-state index contributed by atoms with van der Waals surface area (Å²) < 4.78 is 14.5. The molecule has 4 amide bonds. The molecule has 0 atom stereocenters. The monoisotopic (exact) mass is 408 g/mol. The highest BCUT2D eigenvalue weighted by Crippen LogP contribution is 2.37. The summed E-state index contributed by atoms with van der Waals surface area (Å²) >= 11 is 0. The topological polar surface area (TPSA) is 111 Å². The Morgan fingerprint density at radius 2 is 1.83 bits per heavy atom. The van der Waals surface area contributed by atoms with Crippen molar-refractivity contribution in [1.29, 1.82) is 5.26 Å². The Balaban J connectivity index is 2.07. The highest BCUT2D eigenvalue weighted by atomic mass is 19.1. The molecule has 1 aliphatic rings. The average Bonchev–Trinajstić information content (AvgIpc) is 2.90. The molecule has 2 aromatic rings. The molecule has 0 saturated carbocycles. The minimum atomic E-state index is -1.37. The van der Waals surface area contributed by atoms with Gasteiger partial charge in [-0.05, 0) is 50.2 Å². The number of nitriles is 1. The van der Waals surface area contributed by atoms with Crippen molar-refractivity contribution < 1.29 is 23.6 Å². The van der Waals surface area contributed by atoms with E-state index in [-0.39, 0.29) is 28.1 Å². The largest absolute Gasteiger partial charge is 0.355 e. The molecular formula is C21H17FN4O4. The first-order chi connectivity index (χ1) is 14.2. The second-order valence-electron chi connectivity index (χ2n) is 7.06. The zero-order chi connectivity index (χ0) is 22.2. The minimum Gasteiger partial charge on any atom is -0.355 e. The molecule has 152 valence electrons. The van der Waals surface area contributed by atoms with Gasteiger partial charge in [0, 0.05) is 18.3 Å². The molecule has 0 unspecified atom stereocenters. The van der Waals surface area contributed by atoms with Crippen LogP contribution < -0.4 is 15.1 Å². The maximum Gasteiger partial charge on any atom is 0.336 e. The lowest BCUT2D eigenvalue weighted by molar-refractivity contribution is -0.120. The Bertz CT molecular complexity index is 1140. The predicted octanol–water partition coefficient (Wildman–Crippen LogP) is 2.62. The lowest BCUT2D eigenvalue weighted by atomic mass is 10.0. The van der Waals surface area contributed by atoms with Crippen molar-refractivity contribution in [3.8, 4) is 6.07 Å². The molecule has 30 heavy (non-hydrogen) atoms. The van der Waals surface area contributed by atoms with Crippen molar-refractivity contribution in [2.75, 3.05) is 16.8 Å². The van der Waals surface area contributed by atoms with Gasteiger partial charge in [-0.15, -0.1) is 0 Å². The van der Waals surface area contributed by atoms with Crippen LogP contribution in [-0.4, -0.2) is 36.7 Å². The normalized spacial score (nSPS) is 15.2. The lowest BCUT2D eigenvalue weighted by Crippen LogP contribution is -2.44. The predicted molar refractivity (Wildman–Crippen MR) is 106 cm³/mol. The second-order valence-corrected chi connectivity index (χ2v) is 7.06. The van der Waals surface area contributed by atoms with Gasteiger partial charge < -0.3 is 5.32 Å². The van der Waals surface area contributed by atoms with Gasteiger partial charge in [-0.3, -0.25) is 19.3 Å². The van der Waals surface area contributed by atoms with Crippen LogP contribution in [0.3, 0.4) is 0 Å². The van der Waals surface area contributed by atoms with Gasteiger partial charge in [-0.1, -0.05) is 0 Å². The number of carbonyl (C=O) groups is 4. The Labute approximate surface area is 171 Å². The maximum atomic E-state index is 14.5. The lowest BCUT2D eigenvalue weighted by Gasteiger charge is -2.27. The van der Waals surface area contributed by atoms with Gasteiger partial charge in [0.25, 0.3) is 11.8 Å². The minimum absolute atomic E-state index is 0.0350. The van der Waals surface area contributed by atoms with Gasteiger partial charge in [0.1, 0.15) is 11.4 Å². The SMILES string of the molecule is CNC(=O)c1ccc(N2C(=O)N(c3ccc(C#N)c(C=O)c3)C(=O)C2(C)C)cc1F. The van der Waals surface area contributed by atoms with Gasteiger partial charge in [0.15, 0.2) is 6.29 Å². The van der Waals surface area contributed by atoms with Crippen molar-refractivity contribution in [3.05, 3.63) is 58.9 Å². The molecule has 2 aromatic carbocycles. The number of halogens is 1.